The molecular weight excluding hydrogens is 380 g/mol. The van der Waals surface area contributed by atoms with Gasteiger partial charge in [-0.15, -0.1) is 0 Å². The maximum Gasteiger partial charge on any atom is 0.411 e. The van der Waals surface area contributed by atoms with Crippen molar-refractivity contribution in [2.75, 3.05) is 20.2 Å². The second kappa shape index (κ2) is 10.8. The molecule has 0 aliphatic carbocycles. The Morgan fingerprint density at radius 3 is 2.00 bits per heavy atom. The zero-order chi connectivity index (χ0) is 22.1. The van der Waals surface area contributed by atoms with Crippen LogP contribution in [0.3, 0.4) is 0 Å². The molecule has 1 atom stereocenters. The van der Waals surface area contributed by atoms with Gasteiger partial charge in [0.2, 0.25) is 5.91 Å². The number of ether oxygens (including phenoxy) is 1. The second-order valence-corrected chi connectivity index (χ2v) is 8.28. The van der Waals surface area contributed by atoms with E-state index >= 15 is 0 Å². The molecule has 30 heavy (non-hydrogen) atoms. The zero-order valence-electron chi connectivity index (χ0n) is 18.2. The van der Waals surface area contributed by atoms with Crippen LogP contribution < -0.4 is 0 Å². The summed E-state index contributed by atoms with van der Waals surface area (Å²) in [5.41, 5.74) is 1.22. The highest BCUT2D eigenvalue weighted by atomic mass is 16.6. The summed E-state index contributed by atoms with van der Waals surface area (Å²) in [5, 5.41) is 9.58. The summed E-state index contributed by atoms with van der Waals surface area (Å²) < 4.78 is 5.52. The molecule has 0 fully saturated rings. The van der Waals surface area contributed by atoms with E-state index in [4.69, 9.17) is 4.74 Å². The van der Waals surface area contributed by atoms with E-state index in [-0.39, 0.29) is 19.1 Å². The fourth-order valence-electron chi connectivity index (χ4n) is 3.16. The summed E-state index contributed by atoms with van der Waals surface area (Å²) >= 11 is 0. The molecule has 1 unspecified atom stereocenters. The van der Waals surface area contributed by atoms with Crippen LogP contribution in [0.4, 0.5) is 4.79 Å². The summed E-state index contributed by atoms with van der Waals surface area (Å²) in [6.07, 6.45) is -0.281. The molecule has 0 saturated heterocycles. The van der Waals surface area contributed by atoms with Crippen molar-refractivity contribution in [3.05, 3.63) is 71.8 Å². The van der Waals surface area contributed by atoms with Crippen molar-refractivity contribution in [1.82, 2.24) is 9.80 Å². The number of amides is 2. The van der Waals surface area contributed by atoms with Gasteiger partial charge in [0.05, 0.1) is 6.61 Å². The van der Waals surface area contributed by atoms with E-state index in [2.05, 4.69) is 0 Å². The van der Waals surface area contributed by atoms with E-state index < -0.39 is 17.7 Å². The summed E-state index contributed by atoms with van der Waals surface area (Å²) in [5.74, 6) is -0.206. The minimum atomic E-state index is -0.789. The zero-order valence-corrected chi connectivity index (χ0v) is 18.2. The fourth-order valence-corrected chi connectivity index (χ4v) is 3.16. The van der Waals surface area contributed by atoms with Crippen LogP contribution in [0.1, 0.15) is 31.9 Å². The number of aliphatic hydroxyl groups excluding tert-OH is 1. The predicted molar refractivity (Wildman–Crippen MR) is 117 cm³/mol. The van der Waals surface area contributed by atoms with Crippen molar-refractivity contribution in [3.63, 3.8) is 0 Å². The lowest BCUT2D eigenvalue weighted by Gasteiger charge is -2.34. The van der Waals surface area contributed by atoms with Crippen molar-refractivity contribution >= 4 is 12.0 Å². The second-order valence-electron chi connectivity index (χ2n) is 8.28. The van der Waals surface area contributed by atoms with Crippen LogP contribution in [0.5, 0.6) is 0 Å². The van der Waals surface area contributed by atoms with Gasteiger partial charge in [-0.2, -0.15) is 0 Å². The van der Waals surface area contributed by atoms with Gasteiger partial charge in [0, 0.05) is 26.6 Å². The molecule has 0 aliphatic rings. The van der Waals surface area contributed by atoms with Gasteiger partial charge in [0.25, 0.3) is 0 Å². The molecule has 162 valence electrons. The maximum atomic E-state index is 13.4. The molecule has 0 radical (unpaired) electrons. The first-order valence-electron chi connectivity index (χ1n) is 10.1. The third-order valence-corrected chi connectivity index (χ3v) is 4.54. The minimum Gasteiger partial charge on any atom is -0.444 e. The van der Waals surface area contributed by atoms with Crippen molar-refractivity contribution in [3.8, 4) is 0 Å². The fraction of sp³-hybridized carbons (Fsp3) is 0.417. The first kappa shape index (κ1) is 23.4. The van der Waals surface area contributed by atoms with Crippen LogP contribution in [-0.4, -0.2) is 58.7 Å². The van der Waals surface area contributed by atoms with Gasteiger partial charge in [0.1, 0.15) is 11.6 Å². The summed E-state index contributed by atoms with van der Waals surface area (Å²) in [6, 6.07) is 18.4. The molecule has 0 spiro atoms. The molecule has 0 saturated carbocycles. The van der Waals surface area contributed by atoms with Gasteiger partial charge in [-0.05, 0) is 31.9 Å². The van der Waals surface area contributed by atoms with Crippen LogP contribution >= 0.6 is 0 Å². The SMILES string of the molecule is CN(Cc1ccccc1)C(=O)C(Cc1ccccc1)N(CCO)C(=O)OC(C)(C)C. The van der Waals surface area contributed by atoms with Crippen molar-refractivity contribution < 1.29 is 19.4 Å². The number of nitrogens with zero attached hydrogens (tertiary/aromatic N) is 2. The smallest absolute Gasteiger partial charge is 0.411 e. The molecule has 6 nitrogen and oxygen atoms in total. The summed E-state index contributed by atoms with van der Waals surface area (Å²) in [4.78, 5) is 29.3. The van der Waals surface area contributed by atoms with E-state index in [0.29, 0.717) is 13.0 Å². The Bertz CT molecular complexity index is 803. The lowest BCUT2D eigenvalue weighted by molar-refractivity contribution is -0.136. The van der Waals surface area contributed by atoms with E-state index in [9.17, 15) is 14.7 Å². The van der Waals surface area contributed by atoms with E-state index in [0.717, 1.165) is 11.1 Å². The molecule has 6 heteroatoms. The number of carbonyl (C=O) groups excluding carboxylic acids is 2. The Balaban J connectivity index is 2.31. The molecule has 2 rings (SSSR count). The number of rotatable bonds is 8. The molecule has 2 aromatic rings. The monoisotopic (exact) mass is 412 g/mol. The Kier molecular flexibility index (Phi) is 8.42. The van der Waals surface area contributed by atoms with Crippen LogP contribution in [-0.2, 0) is 22.5 Å². The first-order chi connectivity index (χ1) is 14.2. The Hall–Kier alpha value is -2.86. The lowest BCUT2D eigenvalue weighted by Crippen LogP contribution is -2.53. The van der Waals surface area contributed by atoms with E-state index in [1.165, 1.54) is 4.90 Å². The maximum absolute atomic E-state index is 13.4. The topological polar surface area (TPSA) is 70.1 Å². The largest absolute Gasteiger partial charge is 0.444 e. The van der Waals surface area contributed by atoms with Gasteiger partial charge in [0.15, 0.2) is 0 Å². The molecule has 2 aromatic carbocycles. The lowest BCUT2D eigenvalue weighted by atomic mass is 10.0. The van der Waals surface area contributed by atoms with Crippen LogP contribution in [0, 0.1) is 0 Å². The quantitative estimate of drug-likeness (QED) is 0.721. The molecule has 0 heterocycles. The van der Waals surface area contributed by atoms with Gasteiger partial charge < -0.3 is 14.7 Å². The highest BCUT2D eigenvalue weighted by Gasteiger charge is 2.34. The van der Waals surface area contributed by atoms with E-state index in [1.807, 2.05) is 60.7 Å². The molecule has 0 aromatic heterocycles. The Morgan fingerprint density at radius 2 is 1.50 bits per heavy atom. The van der Waals surface area contributed by atoms with Crippen molar-refractivity contribution in [2.45, 2.75) is 45.4 Å². The number of aliphatic hydroxyl groups is 1. The van der Waals surface area contributed by atoms with Crippen molar-refractivity contribution in [1.29, 1.82) is 0 Å². The highest BCUT2D eigenvalue weighted by Crippen LogP contribution is 2.17. The summed E-state index contributed by atoms with van der Waals surface area (Å²) in [6.45, 7) is 5.50. The number of benzene rings is 2. The van der Waals surface area contributed by atoms with Gasteiger partial charge in [-0.1, -0.05) is 60.7 Å². The van der Waals surface area contributed by atoms with Crippen LogP contribution in [0.2, 0.25) is 0 Å². The minimum absolute atomic E-state index is 0.0112. The number of carbonyl (C=O) groups is 2. The number of likely N-dealkylation sites (N-methyl/N-ethyl adjacent to an activating group) is 1. The van der Waals surface area contributed by atoms with Gasteiger partial charge in [-0.3, -0.25) is 9.69 Å². The molecule has 0 aliphatic heterocycles. The molecule has 0 bridgehead atoms. The number of hydrogen-bond donors (Lipinski definition) is 1. The highest BCUT2D eigenvalue weighted by molar-refractivity contribution is 5.86. The summed E-state index contributed by atoms with van der Waals surface area (Å²) in [7, 11) is 1.72. The predicted octanol–water partition coefficient (Wildman–Crippen LogP) is 3.49. The molecule has 2 amide bonds. The molecular formula is C24H32N2O4. The van der Waals surface area contributed by atoms with Crippen LogP contribution in [0.25, 0.3) is 0 Å². The average molecular weight is 413 g/mol. The third-order valence-electron chi connectivity index (χ3n) is 4.54. The Morgan fingerprint density at radius 1 is 0.967 bits per heavy atom. The van der Waals surface area contributed by atoms with E-state index in [1.54, 1.807) is 32.7 Å². The first-order valence-corrected chi connectivity index (χ1v) is 10.1. The third kappa shape index (κ3) is 7.19. The van der Waals surface area contributed by atoms with Gasteiger partial charge in [-0.25, -0.2) is 4.79 Å². The molecule has 1 N–H and O–H groups in total. The normalized spacial score (nSPS) is 12.2. The van der Waals surface area contributed by atoms with Crippen molar-refractivity contribution in [2.24, 2.45) is 0 Å². The van der Waals surface area contributed by atoms with Crippen LogP contribution in [0.15, 0.2) is 60.7 Å². The Labute approximate surface area is 179 Å². The van der Waals surface area contributed by atoms with Gasteiger partial charge >= 0.3 is 6.09 Å². The average Bonchev–Trinajstić information content (AvgIpc) is 2.70. The number of hydrogen-bond acceptors (Lipinski definition) is 4. The standard InChI is InChI=1S/C24H32N2O4/c1-24(2,3)30-23(29)26(15-16-27)21(17-19-11-7-5-8-12-19)22(28)25(4)18-20-13-9-6-10-14-20/h5-14,21,27H,15-18H2,1-4H3.